The van der Waals surface area contributed by atoms with Crippen molar-refractivity contribution in [1.82, 2.24) is 0 Å². The fraction of sp³-hybridized carbons (Fsp3) is 0.920. The van der Waals surface area contributed by atoms with Crippen LogP contribution in [0.1, 0.15) is 119 Å². The molecule has 0 radical (unpaired) electrons. The Balaban J connectivity index is 4.21. The summed E-state index contributed by atoms with van der Waals surface area (Å²) in [5, 5.41) is 0. The maximum Gasteiger partial charge on any atom is 0.306 e. The molecular formula is C25H48O4. The van der Waals surface area contributed by atoms with Crippen LogP contribution in [-0.4, -0.2) is 24.6 Å². The second-order valence-corrected chi connectivity index (χ2v) is 10.5. The molecule has 0 bridgehead atoms. The largest absolute Gasteiger partial charge is 0.462 e. The number of rotatable bonds is 16. The Morgan fingerprint density at radius 3 is 1.66 bits per heavy atom. The summed E-state index contributed by atoms with van der Waals surface area (Å²) in [6.45, 7) is 15.4. The van der Waals surface area contributed by atoms with Crippen LogP contribution in [0, 0.1) is 17.3 Å². The lowest BCUT2D eigenvalue weighted by Crippen LogP contribution is -2.29. The summed E-state index contributed by atoms with van der Waals surface area (Å²) in [5.74, 6) is 1.07. The standard InChI is InChI=1S/C25H48O4/c1-20(2)14-10-8-12-16-23(26)28-19-22(18-25(5,6)7)29-24(27)17-13-9-11-15-21(3)4/h20-22H,8-19H2,1-7H3. The Labute approximate surface area is 180 Å². The average Bonchev–Trinajstić information content (AvgIpc) is 2.57. The summed E-state index contributed by atoms with van der Waals surface area (Å²) in [4.78, 5) is 24.2. The van der Waals surface area contributed by atoms with Gasteiger partial charge in [-0.25, -0.2) is 0 Å². The maximum absolute atomic E-state index is 12.2. The molecule has 0 N–H and O–H groups in total. The monoisotopic (exact) mass is 412 g/mol. The molecule has 172 valence electrons. The van der Waals surface area contributed by atoms with Crippen LogP contribution in [0.2, 0.25) is 0 Å². The molecule has 0 aromatic rings. The summed E-state index contributed by atoms with van der Waals surface area (Å²) in [7, 11) is 0. The molecule has 0 aliphatic carbocycles. The van der Waals surface area contributed by atoms with E-state index in [1.807, 2.05) is 0 Å². The fourth-order valence-electron chi connectivity index (χ4n) is 3.32. The molecule has 0 rings (SSSR count). The molecule has 4 nitrogen and oxygen atoms in total. The molecule has 0 aliphatic heterocycles. The molecule has 0 saturated heterocycles. The number of hydrogen-bond donors (Lipinski definition) is 0. The van der Waals surface area contributed by atoms with Crippen LogP contribution >= 0.6 is 0 Å². The lowest BCUT2D eigenvalue weighted by molar-refractivity contribution is -0.161. The fourth-order valence-corrected chi connectivity index (χ4v) is 3.32. The molecule has 0 fully saturated rings. The average molecular weight is 413 g/mol. The van der Waals surface area contributed by atoms with Gasteiger partial charge in [-0.05, 0) is 36.5 Å². The van der Waals surface area contributed by atoms with E-state index >= 15 is 0 Å². The number of unbranched alkanes of at least 4 members (excludes halogenated alkanes) is 4. The van der Waals surface area contributed by atoms with Crippen LogP contribution in [0.5, 0.6) is 0 Å². The Morgan fingerprint density at radius 2 is 1.21 bits per heavy atom. The zero-order valence-corrected chi connectivity index (χ0v) is 20.4. The number of ether oxygens (including phenoxy) is 2. The minimum absolute atomic E-state index is 0.00542. The van der Waals surface area contributed by atoms with Crippen molar-refractivity contribution >= 4 is 11.9 Å². The van der Waals surface area contributed by atoms with E-state index in [9.17, 15) is 9.59 Å². The van der Waals surface area contributed by atoms with E-state index in [-0.39, 0.29) is 30.1 Å². The van der Waals surface area contributed by atoms with Crippen molar-refractivity contribution in [1.29, 1.82) is 0 Å². The van der Waals surface area contributed by atoms with Gasteiger partial charge in [0.05, 0.1) is 0 Å². The van der Waals surface area contributed by atoms with Gasteiger partial charge in [-0.15, -0.1) is 0 Å². The number of esters is 2. The molecule has 29 heavy (non-hydrogen) atoms. The van der Waals surface area contributed by atoms with Gasteiger partial charge in [-0.1, -0.05) is 87.0 Å². The lowest BCUT2D eigenvalue weighted by atomic mass is 9.89. The van der Waals surface area contributed by atoms with Crippen LogP contribution in [-0.2, 0) is 19.1 Å². The maximum atomic E-state index is 12.2. The van der Waals surface area contributed by atoms with Crippen molar-refractivity contribution in [2.75, 3.05) is 6.61 Å². The van der Waals surface area contributed by atoms with Crippen molar-refractivity contribution < 1.29 is 19.1 Å². The van der Waals surface area contributed by atoms with Gasteiger partial charge in [-0.3, -0.25) is 9.59 Å². The van der Waals surface area contributed by atoms with E-state index in [0.717, 1.165) is 38.5 Å². The third-order valence-electron chi connectivity index (χ3n) is 4.89. The molecular weight excluding hydrogens is 364 g/mol. The van der Waals surface area contributed by atoms with Gasteiger partial charge in [0.1, 0.15) is 12.7 Å². The molecule has 0 aliphatic rings. The molecule has 1 atom stereocenters. The first kappa shape index (κ1) is 27.9. The van der Waals surface area contributed by atoms with Crippen LogP contribution in [0.3, 0.4) is 0 Å². The lowest BCUT2D eigenvalue weighted by Gasteiger charge is -2.25. The number of carbonyl (C=O) groups excluding carboxylic acids is 2. The third kappa shape index (κ3) is 20.0. The molecule has 0 aromatic carbocycles. The highest BCUT2D eigenvalue weighted by molar-refractivity contribution is 5.70. The summed E-state index contributed by atoms with van der Waals surface area (Å²) in [6.07, 6.45) is 9.80. The second kappa shape index (κ2) is 15.7. The molecule has 0 heterocycles. The SMILES string of the molecule is CC(C)CCCCCC(=O)OCC(CC(C)(C)C)OC(=O)CCCCCC(C)C. The van der Waals surface area contributed by atoms with E-state index in [0.29, 0.717) is 31.1 Å². The molecule has 0 spiro atoms. The van der Waals surface area contributed by atoms with E-state index < -0.39 is 0 Å². The van der Waals surface area contributed by atoms with Crippen LogP contribution in [0.15, 0.2) is 0 Å². The summed E-state index contributed by atoms with van der Waals surface area (Å²) >= 11 is 0. The Kier molecular flexibility index (Phi) is 15.2. The highest BCUT2D eigenvalue weighted by atomic mass is 16.6. The normalized spacial score (nSPS) is 13.0. The van der Waals surface area contributed by atoms with Crippen LogP contribution in [0.4, 0.5) is 0 Å². The van der Waals surface area contributed by atoms with E-state index in [1.54, 1.807) is 0 Å². The summed E-state index contributed by atoms with van der Waals surface area (Å²) in [5.41, 5.74) is 0.00542. The number of hydrogen-bond acceptors (Lipinski definition) is 4. The van der Waals surface area contributed by atoms with E-state index in [1.165, 1.54) is 12.8 Å². The Morgan fingerprint density at radius 1 is 0.724 bits per heavy atom. The topological polar surface area (TPSA) is 52.6 Å². The first-order valence-corrected chi connectivity index (χ1v) is 11.8. The highest BCUT2D eigenvalue weighted by Crippen LogP contribution is 2.23. The molecule has 0 amide bonds. The molecule has 0 saturated carbocycles. The Bertz CT molecular complexity index is 435. The van der Waals surface area contributed by atoms with Gasteiger partial charge in [0.15, 0.2) is 0 Å². The Hall–Kier alpha value is -1.06. The smallest absolute Gasteiger partial charge is 0.306 e. The van der Waals surface area contributed by atoms with E-state index in [2.05, 4.69) is 48.5 Å². The van der Waals surface area contributed by atoms with Crippen molar-refractivity contribution in [3.8, 4) is 0 Å². The van der Waals surface area contributed by atoms with Crippen molar-refractivity contribution in [2.45, 2.75) is 125 Å². The summed E-state index contributed by atoms with van der Waals surface area (Å²) < 4.78 is 11.1. The van der Waals surface area contributed by atoms with Crippen LogP contribution in [0.25, 0.3) is 0 Å². The van der Waals surface area contributed by atoms with Gasteiger partial charge in [-0.2, -0.15) is 0 Å². The highest BCUT2D eigenvalue weighted by Gasteiger charge is 2.23. The minimum atomic E-state index is -0.358. The first-order valence-electron chi connectivity index (χ1n) is 11.8. The van der Waals surface area contributed by atoms with Crippen LogP contribution < -0.4 is 0 Å². The second-order valence-electron chi connectivity index (χ2n) is 10.5. The predicted molar refractivity (Wildman–Crippen MR) is 121 cm³/mol. The summed E-state index contributed by atoms with van der Waals surface area (Å²) in [6, 6.07) is 0. The van der Waals surface area contributed by atoms with Gasteiger partial charge >= 0.3 is 11.9 Å². The van der Waals surface area contributed by atoms with Gasteiger partial charge in [0.2, 0.25) is 0 Å². The third-order valence-corrected chi connectivity index (χ3v) is 4.89. The van der Waals surface area contributed by atoms with Crippen molar-refractivity contribution in [3.05, 3.63) is 0 Å². The van der Waals surface area contributed by atoms with Crippen molar-refractivity contribution in [2.24, 2.45) is 17.3 Å². The molecule has 1 unspecified atom stereocenters. The quantitative estimate of drug-likeness (QED) is 0.200. The van der Waals surface area contributed by atoms with Crippen molar-refractivity contribution in [3.63, 3.8) is 0 Å². The number of carbonyl (C=O) groups is 2. The van der Waals surface area contributed by atoms with Gasteiger partial charge in [0.25, 0.3) is 0 Å². The van der Waals surface area contributed by atoms with Gasteiger partial charge < -0.3 is 9.47 Å². The minimum Gasteiger partial charge on any atom is -0.462 e. The zero-order valence-electron chi connectivity index (χ0n) is 20.4. The first-order chi connectivity index (χ1) is 13.5. The van der Waals surface area contributed by atoms with E-state index in [4.69, 9.17) is 9.47 Å². The molecule has 4 heteroatoms. The molecule has 0 aromatic heterocycles. The zero-order chi connectivity index (χ0) is 22.3. The van der Waals surface area contributed by atoms with Gasteiger partial charge in [0, 0.05) is 12.8 Å². The predicted octanol–water partition coefficient (Wildman–Crippen LogP) is 7.09.